The van der Waals surface area contributed by atoms with Crippen molar-refractivity contribution >= 4 is 5.69 Å². The lowest BCUT2D eigenvalue weighted by Crippen LogP contribution is -2.42. The molecule has 2 aliphatic heterocycles. The zero-order valence-corrected chi connectivity index (χ0v) is 9.74. The summed E-state index contributed by atoms with van der Waals surface area (Å²) in [6.07, 6.45) is 0. The highest BCUT2D eigenvalue weighted by Crippen LogP contribution is 2.36. The van der Waals surface area contributed by atoms with Crippen molar-refractivity contribution in [2.45, 2.75) is 6.54 Å². The van der Waals surface area contributed by atoms with Gasteiger partial charge in [0, 0.05) is 44.5 Å². The Morgan fingerprint density at radius 2 is 1.88 bits per heavy atom. The molecule has 3 rings (SSSR count). The first-order valence-electron chi connectivity index (χ1n) is 5.94. The average molecular weight is 235 g/mol. The number of nitrogens with one attached hydrogen (secondary N) is 1. The fourth-order valence-electron chi connectivity index (χ4n) is 2.25. The molecular formula is C12H17N3O2. The zero-order chi connectivity index (χ0) is 11.7. The van der Waals surface area contributed by atoms with Crippen LogP contribution in [0.15, 0.2) is 12.1 Å². The van der Waals surface area contributed by atoms with E-state index in [9.17, 15) is 0 Å². The van der Waals surface area contributed by atoms with Gasteiger partial charge < -0.3 is 20.5 Å². The topological polar surface area (TPSA) is 59.8 Å². The van der Waals surface area contributed by atoms with E-state index in [0.29, 0.717) is 6.79 Å². The normalized spacial score (nSPS) is 19.5. The highest BCUT2D eigenvalue weighted by Gasteiger charge is 2.18. The van der Waals surface area contributed by atoms with Crippen LogP contribution in [0.2, 0.25) is 0 Å². The highest BCUT2D eigenvalue weighted by atomic mass is 16.7. The standard InChI is InChI=1S/C12H17N3O2/c13-10-6-12-11(16-8-17-12)5-9(10)7-15-3-1-14-2-4-15/h5-6,14H,1-4,7-8,13H2. The molecular weight excluding hydrogens is 218 g/mol. The lowest BCUT2D eigenvalue weighted by Gasteiger charge is -2.27. The van der Waals surface area contributed by atoms with Crippen molar-refractivity contribution in [3.8, 4) is 11.5 Å². The summed E-state index contributed by atoms with van der Waals surface area (Å²) in [6.45, 7) is 5.40. The van der Waals surface area contributed by atoms with Gasteiger partial charge in [0.2, 0.25) is 6.79 Å². The first-order chi connectivity index (χ1) is 8.33. The average Bonchev–Trinajstić information content (AvgIpc) is 2.78. The van der Waals surface area contributed by atoms with Crippen molar-refractivity contribution in [1.82, 2.24) is 10.2 Å². The number of anilines is 1. The molecule has 0 unspecified atom stereocenters. The van der Waals surface area contributed by atoms with Gasteiger partial charge in [-0.2, -0.15) is 0 Å². The Bertz CT molecular complexity index is 416. The number of hydrogen-bond acceptors (Lipinski definition) is 5. The summed E-state index contributed by atoms with van der Waals surface area (Å²) in [5.74, 6) is 1.57. The third kappa shape index (κ3) is 2.16. The van der Waals surface area contributed by atoms with E-state index in [-0.39, 0.29) is 0 Å². The molecule has 1 fully saturated rings. The van der Waals surface area contributed by atoms with Gasteiger partial charge in [-0.3, -0.25) is 4.90 Å². The minimum atomic E-state index is 0.297. The molecule has 1 aromatic rings. The van der Waals surface area contributed by atoms with Crippen molar-refractivity contribution in [3.63, 3.8) is 0 Å². The molecule has 0 aromatic heterocycles. The molecule has 1 aromatic carbocycles. The SMILES string of the molecule is Nc1cc2c(cc1CN1CCNCC1)OCO2. The Labute approximate surface area is 100 Å². The number of nitrogens with zero attached hydrogens (tertiary/aromatic N) is 1. The lowest BCUT2D eigenvalue weighted by molar-refractivity contribution is 0.174. The maximum Gasteiger partial charge on any atom is 0.231 e. The molecule has 1 saturated heterocycles. The van der Waals surface area contributed by atoms with Gasteiger partial charge in [0.15, 0.2) is 11.5 Å². The monoisotopic (exact) mass is 235 g/mol. The van der Waals surface area contributed by atoms with E-state index in [1.165, 1.54) is 0 Å². The molecule has 2 heterocycles. The number of benzene rings is 1. The van der Waals surface area contributed by atoms with Crippen LogP contribution >= 0.6 is 0 Å². The summed E-state index contributed by atoms with van der Waals surface area (Å²) >= 11 is 0. The smallest absolute Gasteiger partial charge is 0.231 e. The van der Waals surface area contributed by atoms with Gasteiger partial charge in [-0.1, -0.05) is 0 Å². The summed E-state index contributed by atoms with van der Waals surface area (Å²) in [7, 11) is 0. The van der Waals surface area contributed by atoms with Crippen molar-refractivity contribution in [1.29, 1.82) is 0 Å². The van der Waals surface area contributed by atoms with Crippen LogP contribution in [0.5, 0.6) is 11.5 Å². The van der Waals surface area contributed by atoms with Gasteiger partial charge in [-0.05, 0) is 11.6 Å². The van der Waals surface area contributed by atoms with E-state index in [1.54, 1.807) is 0 Å². The molecule has 5 heteroatoms. The zero-order valence-electron chi connectivity index (χ0n) is 9.74. The second-order valence-electron chi connectivity index (χ2n) is 4.43. The fraction of sp³-hybridized carbons (Fsp3) is 0.500. The van der Waals surface area contributed by atoms with Crippen LogP contribution in [0.1, 0.15) is 5.56 Å². The van der Waals surface area contributed by atoms with E-state index < -0.39 is 0 Å². The second-order valence-corrected chi connectivity index (χ2v) is 4.43. The maximum atomic E-state index is 6.03. The van der Waals surface area contributed by atoms with Crippen LogP contribution in [0, 0.1) is 0 Å². The van der Waals surface area contributed by atoms with Crippen LogP contribution in [0.3, 0.4) is 0 Å². The van der Waals surface area contributed by atoms with Crippen molar-refractivity contribution in [3.05, 3.63) is 17.7 Å². The predicted octanol–water partition coefficient (Wildman–Crippen LogP) is 0.403. The number of hydrogen-bond donors (Lipinski definition) is 2. The van der Waals surface area contributed by atoms with Gasteiger partial charge in [0.05, 0.1) is 0 Å². The number of nitrogen functional groups attached to an aromatic ring is 1. The third-order valence-electron chi connectivity index (χ3n) is 3.24. The van der Waals surface area contributed by atoms with Crippen molar-refractivity contribution < 1.29 is 9.47 Å². The van der Waals surface area contributed by atoms with Gasteiger partial charge in [0.1, 0.15) is 0 Å². The largest absolute Gasteiger partial charge is 0.454 e. The third-order valence-corrected chi connectivity index (χ3v) is 3.24. The quantitative estimate of drug-likeness (QED) is 0.727. The fourth-order valence-corrected chi connectivity index (χ4v) is 2.25. The number of nitrogens with two attached hydrogens (primary N) is 1. The van der Waals surface area contributed by atoms with E-state index in [2.05, 4.69) is 10.2 Å². The van der Waals surface area contributed by atoms with E-state index in [0.717, 1.165) is 55.5 Å². The molecule has 0 bridgehead atoms. The van der Waals surface area contributed by atoms with Gasteiger partial charge >= 0.3 is 0 Å². The molecule has 17 heavy (non-hydrogen) atoms. The number of rotatable bonds is 2. The van der Waals surface area contributed by atoms with Crippen molar-refractivity contribution in [2.24, 2.45) is 0 Å². The second kappa shape index (κ2) is 4.43. The lowest BCUT2D eigenvalue weighted by atomic mass is 10.1. The number of ether oxygens (including phenoxy) is 2. The molecule has 5 nitrogen and oxygen atoms in total. The first-order valence-corrected chi connectivity index (χ1v) is 5.94. The Kier molecular flexibility index (Phi) is 2.78. The maximum absolute atomic E-state index is 6.03. The minimum Gasteiger partial charge on any atom is -0.454 e. The molecule has 0 saturated carbocycles. The molecule has 0 spiro atoms. The Morgan fingerprint density at radius 1 is 1.18 bits per heavy atom. The molecule has 2 aliphatic rings. The minimum absolute atomic E-state index is 0.297. The Hall–Kier alpha value is -1.46. The summed E-state index contributed by atoms with van der Waals surface area (Å²) < 4.78 is 10.7. The predicted molar refractivity (Wildman–Crippen MR) is 65.1 cm³/mol. The van der Waals surface area contributed by atoms with Gasteiger partial charge in [-0.15, -0.1) is 0 Å². The summed E-state index contributed by atoms with van der Waals surface area (Å²) in [5, 5.41) is 3.34. The Balaban J connectivity index is 1.78. The molecule has 0 radical (unpaired) electrons. The molecule has 92 valence electrons. The first kappa shape index (κ1) is 10.7. The van der Waals surface area contributed by atoms with Crippen LogP contribution in [0.25, 0.3) is 0 Å². The summed E-state index contributed by atoms with van der Waals surface area (Å²) in [5.41, 5.74) is 7.94. The molecule has 0 atom stereocenters. The summed E-state index contributed by atoms with van der Waals surface area (Å²) in [4.78, 5) is 2.39. The van der Waals surface area contributed by atoms with E-state index >= 15 is 0 Å². The van der Waals surface area contributed by atoms with Crippen LogP contribution in [-0.2, 0) is 6.54 Å². The summed E-state index contributed by atoms with van der Waals surface area (Å²) in [6, 6.07) is 3.86. The van der Waals surface area contributed by atoms with Crippen LogP contribution < -0.4 is 20.5 Å². The molecule has 3 N–H and O–H groups in total. The van der Waals surface area contributed by atoms with Gasteiger partial charge in [0.25, 0.3) is 0 Å². The van der Waals surface area contributed by atoms with Gasteiger partial charge in [-0.25, -0.2) is 0 Å². The van der Waals surface area contributed by atoms with Crippen LogP contribution in [0.4, 0.5) is 5.69 Å². The molecule has 0 amide bonds. The Morgan fingerprint density at radius 3 is 2.65 bits per heavy atom. The van der Waals surface area contributed by atoms with E-state index in [4.69, 9.17) is 15.2 Å². The number of fused-ring (bicyclic) bond motifs is 1. The van der Waals surface area contributed by atoms with E-state index in [1.807, 2.05) is 12.1 Å². The molecule has 0 aliphatic carbocycles. The van der Waals surface area contributed by atoms with Crippen molar-refractivity contribution in [2.75, 3.05) is 38.7 Å². The highest BCUT2D eigenvalue weighted by molar-refractivity contribution is 5.58. The number of piperazine rings is 1. The van der Waals surface area contributed by atoms with Crippen LogP contribution in [-0.4, -0.2) is 37.9 Å².